The summed E-state index contributed by atoms with van der Waals surface area (Å²) in [6.45, 7) is 2.40. The lowest BCUT2D eigenvalue weighted by Gasteiger charge is -2.30. The quantitative estimate of drug-likeness (QED) is 0.799. The van der Waals surface area contributed by atoms with Crippen molar-refractivity contribution in [3.8, 4) is 0 Å². The molecule has 0 bridgehead atoms. The van der Waals surface area contributed by atoms with Gasteiger partial charge in [0.1, 0.15) is 0 Å². The molecule has 3 rings (SSSR count). The third kappa shape index (κ3) is 3.22. The van der Waals surface area contributed by atoms with Crippen LogP contribution >= 0.6 is 0 Å². The van der Waals surface area contributed by atoms with Gasteiger partial charge in [0.25, 0.3) is 0 Å². The van der Waals surface area contributed by atoms with Crippen LogP contribution in [0.2, 0.25) is 0 Å². The summed E-state index contributed by atoms with van der Waals surface area (Å²) in [4.78, 5) is 27.9. The number of hydrogen-bond acceptors (Lipinski definition) is 4. The van der Waals surface area contributed by atoms with Crippen LogP contribution in [0.5, 0.6) is 0 Å². The first-order valence-electron chi connectivity index (χ1n) is 7.65. The second-order valence-electron chi connectivity index (χ2n) is 5.78. The maximum atomic E-state index is 12.5. The van der Waals surface area contributed by atoms with Crippen molar-refractivity contribution < 1.29 is 9.59 Å². The first kappa shape index (κ1) is 14.0. The van der Waals surface area contributed by atoms with Gasteiger partial charge in [-0.3, -0.25) is 14.3 Å². The molecule has 0 unspecified atom stereocenters. The highest BCUT2D eigenvalue weighted by Crippen LogP contribution is 2.20. The fraction of sp³-hybridized carbons (Fsp3) is 0.714. The summed E-state index contributed by atoms with van der Waals surface area (Å²) in [5, 5.41) is 7.76. The first-order chi connectivity index (χ1) is 10.2. The van der Waals surface area contributed by atoms with Crippen LogP contribution in [0, 0.1) is 0 Å². The smallest absolute Gasteiger partial charge is 0.242 e. The number of likely N-dealkylation sites (tertiary alicyclic amines) is 2. The van der Waals surface area contributed by atoms with Crippen LogP contribution in [0.25, 0.3) is 0 Å². The Bertz CT molecular complexity index is 501. The van der Waals surface area contributed by atoms with Crippen molar-refractivity contribution >= 4 is 11.8 Å². The molecule has 2 aliphatic heterocycles. The molecular formula is C14H21N5O2. The Kier molecular flexibility index (Phi) is 4.17. The lowest BCUT2D eigenvalue weighted by atomic mass is 10.1. The average Bonchev–Trinajstić information content (AvgIpc) is 3.13. The zero-order chi connectivity index (χ0) is 14.7. The second kappa shape index (κ2) is 6.24. The molecule has 2 amide bonds. The second-order valence-corrected chi connectivity index (χ2v) is 5.78. The molecule has 0 aliphatic carbocycles. The monoisotopic (exact) mass is 291 g/mol. The van der Waals surface area contributed by atoms with E-state index in [1.54, 1.807) is 15.8 Å². The van der Waals surface area contributed by atoms with Crippen molar-refractivity contribution in [1.29, 1.82) is 0 Å². The van der Waals surface area contributed by atoms with Gasteiger partial charge in [-0.05, 0) is 25.7 Å². The predicted molar refractivity (Wildman–Crippen MR) is 75.2 cm³/mol. The highest BCUT2D eigenvalue weighted by Gasteiger charge is 2.31. The van der Waals surface area contributed by atoms with E-state index < -0.39 is 0 Å². The zero-order valence-corrected chi connectivity index (χ0v) is 12.1. The SMILES string of the molecule is O=C1CCCCN1CC(=O)N1CCC[C@H]1Cn1ccnn1. The van der Waals surface area contributed by atoms with Crippen molar-refractivity contribution in [3.05, 3.63) is 12.4 Å². The summed E-state index contributed by atoms with van der Waals surface area (Å²) in [6.07, 6.45) is 7.99. The fourth-order valence-corrected chi connectivity index (χ4v) is 3.18. The Morgan fingerprint density at radius 3 is 2.95 bits per heavy atom. The molecule has 0 radical (unpaired) electrons. The minimum absolute atomic E-state index is 0.0628. The van der Waals surface area contributed by atoms with Crippen LogP contribution in [0.15, 0.2) is 12.4 Å². The summed E-state index contributed by atoms with van der Waals surface area (Å²) >= 11 is 0. The molecule has 0 aromatic carbocycles. The van der Waals surface area contributed by atoms with E-state index in [1.165, 1.54) is 0 Å². The molecule has 0 N–H and O–H groups in total. The van der Waals surface area contributed by atoms with Crippen molar-refractivity contribution in [1.82, 2.24) is 24.8 Å². The molecule has 7 nitrogen and oxygen atoms in total. The Morgan fingerprint density at radius 1 is 1.29 bits per heavy atom. The molecule has 0 saturated carbocycles. The number of piperidine rings is 1. The summed E-state index contributed by atoms with van der Waals surface area (Å²) in [5.74, 6) is 0.175. The van der Waals surface area contributed by atoms with Crippen molar-refractivity contribution in [2.45, 2.75) is 44.7 Å². The highest BCUT2D eigenvalue weighted by atomic mass is 16.2. The van der Waals surface area contributed by atoms with Crippen molar-refractivity contribution in [3.63, 3.8) is 0 Å². The van der Waals surface area contributed by atoms with Gasteiger partial charge in [-0.25, -0.2) is 0 Å². The number of carbonyl (C=O) groups excluding carboxylic acids is 2. The van der Waals surface area contributed by atoms with Gasteiger partial charge in [-0.15, -0.1) is 5.10 Å². The maximum absolute atomic E-state index is 12.5. The van der Waals surface area contributed by atoms with E-state index in [1.807, 2.05) is 11.1 Å². The molecule has 1 atom stereocenters. The third-order valence-electron chi connectivity index (χ3n) is 4.31. The Morgan fingerprint density at radius 2 is 2.19 bits per heavy atom. The van der Waals surface area contributed by atoms with E-state index in [-0.39, 0.29) is 24.4 Å². The van der Waals surface area contributed by atoms with Gasteiger partial charge in [0, 0.05) is 25.7 Å². The average molecular weight is 291 g/mol. The molecule has 7 heteroatoms. The molecule has 2 saturated heterocycles. The van der Waals surface area contributed by atoms with Crippen LogP contribution in [0.3, 0.4) is 0 Å². The van der Waals surface area contributed by atoms with E-state index in [9.17, 15) is 9.59 Å². The topological polar surface area (TPSA) is 71.3 Å². The van der Waals surface area contributed by atoms with Crippen LogP contribution in [0.4, 0.5) is 0 Å². The van der Waals surface area contributed by atoms with E-state index in [0.717, 1.165) is 32.2 Å². The first-order valence-corrected chi connectivity index (χ1v) is 7.65. The number of aromatic nitrogens is 3. The predicted octanol–water partition coefficient (Wildman–Crippen LogP) is 0.282. The minimum atomic E-state index is 0.0628. The number of amides is 2. The number of hydrogen-bond donors (Lipinski definition) is 0. The summed E-state index contributed by atoms with van der Waals surface area (Å²) < 4.78 is 1.77. The van der Waals surface area contributed by atoms with Crippen molar-refractivity contribution in [2.24, 2.45) is 0 Å². The molecule has 0 spiro atoms. The molecule has 3 heterocycles. The van der Waals surface area contributed by atoms with Gasteiger partial charge in [0.05, 0.1) is 25.3 Å². The van der Waals surface area contributed by atoms with E-state index >= 15 is 0 Å². The molecule has 21 heavy (non-hydrogen) atoms. The molecule has 1 aromatic heterocycles. The molecule has 2 aliphatic rings. The molecule has 114 valence electrons. The highest BCUT2D eigenvalue weighted by molar-refractivity contribution is 5.85. The molecular weight excluding hydrogens is 270 g/mol. The van der Waals surface area contributed by atoms with Crippen LogP contribution in [0.1, 0.15) is 32.1 Å². The zero-order valence-electron chi connectivity index (χ0n) is 12.1. The van der Waals surface area contributed by atoms with Gasteiger partial charge in [-0.2, -0.15) is 0 Å². The number of carbonyl (C=O) groups is 2. The van der Waals surface area contributed by atoms with Gasteiger partial charge in [0.2, 0.25) is 11.8 Å². The van der Waals surface area contributed by atoms with Gasteiger partial charge >= 0.3 is 0 Å². The van der Waals surface area contributed by atoms with Gasteiger partial charge in [0.15, 0.2) is 0 Å². The Balaban J connectivity index is 1.59. The lowest BCUT2D eigenvalue weighted by Crippen LogP contribution is -2.47. The van der Waals surface area contributed by atoms with Crippen LogP contribution in [-0.2, 0) is 16.1 Å². The Hall–Kier alpha value is -1.92. The van der Waals surface area contributed by atoms with E-state index in [0.29, 0.717) is 19.5 Å². The van der Waals surface area contributed by atoms with E-state index in [2.05, 4.69) is 10.3 Å². The lowest BCUT2D eigenvalue weighted by molar-refractivity contribution is -0.142. The largest absolute Gasteiger partial charge is 0.336 e. The molecule has 1 aromatic rings. The third-order valence-corrected chi connectivity index (χ3v) is 4.31. The van der Waals surface area contributed by atoms with E-state index in [4.69, 9.17) is 0 Å². The van der Waals surface area contributed by atoms with Gasteiger partial charge < -0.3 is 9.80 Å². The maximum Gasteiger partial charge on any atom is 0.242 e. The Labute approximate surface area is 123 Å². The van der Waals surface area contributed by atoms with Crippen LogP contribution in [-0.4, -0.2) is 62.3 Å². The number of rotatable bonds is 4. The molecule has 2 fully saturated rings. The fourth-order valence-electron chi connectivity index (χ4n) is 3.18. The van der Waals surface area contributed by atoms with Crippen LogP contribution < -0.4 is 0 Å². The normalized spacial score (nSPS) is 22.9. The standard InChI is InChI=1S/C14H21N5O2/c20-13-5-1-2-7-17(13)11-14(21)19-8-3-4-12(19)10-18-9-6-15-16-18/h6,9,12H,1-5,7-8,10-11H2/t12-/m0/s1. The van der Waals surface area contributed by atoms with Crippen molar-refractivity contribution in [2.75, 3.05) is 19.6 Å². The summed E-state index contributed by atoms with van der Waals surface area (Å²) in [7, 11) is 0. The van der Waals surface area contributed by atoms with Gasteiger partial charge in [-0.1, -0.05) is 5.21 Å². The minimum Gasteiger partial charge on any atom is -0.336 e. The number of nitrogens with zero attached hydrogens (tertiary/aromatic N) is 5. The summed E-state index contributed by atoms with van der Waals surface area (Å²) in [6, 6.07) is 0.166. The summed E-state index contributed by atoms with van der Waals surface area (Å²) in [5.41, 5.74) is 0.